The molecule has 0 spiro atoms. The van der Waals surface area contributed by atoms with E-state index in [9.17, 15) is 4.79 Å². The molecular formula is C13H17ClO2. The standard InChI is InChI=1S/C13H17ClO2/c1-5-16-12(15)7-11-8(2)6-9(3)13(14)10(11)4/h6H,5,7H2,1-4H3. The second-order valence-electron chi connectivity index (χ2n) is 3.91. The summed E-state index contributed by atoms with van der Waals surface area (Å²) in [6, 6.07) is 2.00. The van der Waals surface area contributed by atoms with Gasteiger partial charge < -0.3 is 4.74 Å². The number of halogens is 1. The van der Waals surface area contributed by atoms with E-state index < -0.39 is 0 Å². The smallest absolute Gasteiger partial charge is 0.310 e. The molecular weight excluding hydrogens is 224 g/mol. The molecule has 0 unspecified atom stereocenters. The van der Waals surface area contributed by atoms with Crippen LogP contribution in [0.25, 0.3) is 0 Å². The van der Waals surface area contributed by atoms with Crippen molar-refractivity contribution in [2.75, 3.05) is 6.61 Å². The molecule has 0 aliphatic carbocycles. The van der Waals surface area contributed by atoms with Crippen molar-refractivity contribution in [3.8, 4) is 0 Å². The van der Waals surface area contributed by atoms with Crippen molar-refractivity contribution in [2.24, 2.45) is 0 Å². The van der Waals surface area contributed by atoms with Gasteiger partial charge in [0.15, 0.2) is 0 Å². The fraction of sp³-hybridized carbons (Fsp3) is 0.462. The molecule has 0 fully saturated rings. The van der Waals surface area contributed by atoms with Crippen LogP contribution in [0, 0.1) is 20.8 Å². The van der Waals surface area contributed by atoms with Gasteiger partial charge in [-0.1, -0.05) is 17.7 Å². The summed E-state index contributed by atoms with van der Waals surface area (Å²) in [5.41, 5.74) is 4.10. The maximum atomic E-state index is 11.4. The van der Waals surface area contributed by atoms with Crippen LogP contribution in [0.3, 0.4) is 0 Å². The molecule has 0 aromatic heterocycles. The van der Waals surface area contributed by atoms with E-state index in [0.717, 1.165) is 27.3 Å². The lowest BCUT2D eigenvalue weighted by atomic mass is 9.97. The highest BCUT2D eigenvalue weighted by Gasteiger charge is 2.13. The molecule has 0 amide bonds. The Balaban J connectivity index is 3.05. The summed E-state index contributed by atoms with van der Waals surface area (Å²) < 4.78 is 4.94. The van der Waals surface area contributed by atoms with Crippen molar-refractivity contribution in [1.82, 2.24) is 0 Å². The number of hydrogen-bond donors (Lipinski definition) is 0. The maximum absolute atomic E-state index is 11.4. The Bertz CT molecular complexity index is 411. The third kappa shape index (κ3) is 2.76. The molecule has 0 N–H and O–H groups in total. The molecule has 0 atom stereocenters. The number of ether oxygens (including phenoxy) is 1. The topological polar surface area (TPSA) is 26.3 Å². The van der Waals surface area contributed by atoms with Gasteiger partial charge in [-0.2, -0.15) is 0 Å². The van der Waals surface area contributed by atoms with Crippen molar-refractivity contribution >= 4 is 17.6 Å². The van der Waals surface area contributed by atoms with Crippen molar-refractivity contribution in [3.63, 3.8) is 0 Å². The van der Waals surface area contributed by atoms with Crippen LogP contribution in [0.4, 0.5) is 0 Å². The summed E-state index contributed by atoms with van der Waals surface area (Å²) in [6.45, 7) is 8.12. The molecule has 88 valence electrons. The van der Waals surface area contributed by atoms with Crippen LogP contribution in [0.1, 0.15) is 29.2 Å². The highest BCUT2D eigenvalue weighted by Crippen LogP contribution is 2.26. The molecule has 0 aliphatic heterocycles. The molecule has 0 heterocycles. The van der Waals surface area contributed by atoms with Gasteiger partial charge in [-0.3, -0.25) is 4.79 Å². The number of carbonyl (C=O) groups is 1. The van der Waals surface area contributed by atoms with Gasteiger partial charge in [0.2, 0.25) is 0 Å². The molecule has 3 heteroatoms. The van der Waals surface area contributed by atoms with Crippen LogP contribution in [-0.2, 0) is 16.0 Å². The Morgan fingerprint density at radius 2 is 1.94 bits per heavy atom. The third-order valence-corrected chi connectivity index (χ3v) is 3.25. The number of aryl methyl sites for hydroxylation is 2. The summed E-state index contributed by atoms with van der Waals surface area (Å²) in [4.78, 5) is 11.4. The predicted molar refractivity (Wildman–Crippen MR) is 66.0 cm³/mol. The first kappa shape index (κ1) is 13.0. The molecule has 0 radical (unpaired) electrons. The lowest BCUT2D eigenvalue weighted by Gasteiger charge is -2.13. The molecule has 0 saturated carbocycles. The van der Waals surface area contributed by atoms with E-state index in [1.165, 1.54) is 0 Å². The van der Waals surface area contributed by atoms with Crippen LogP contribution < -0.4 is 0 Å². The monoisotopic (exact) mass is 240 g/mol. The molecule has 1 aromatic rings. The quantitative estimate of drug-likeness (QED) is 0.758. The highest BCUT2D eigenvalue weighted by molar-refractivity contribution is 6.32. The molecule has 0 saturated heterocycles. The fourth-order valence-electron chi connectivity index (χ4n) is 1.83. The second kappa shape index (κ2) is 5.35. The van der Waals surface area contributed by atoms with E-state index >= 15 is 0 Å². The first-order valence-corrected chi connectivity index (χ1v) is 5.76. The average molecular weight is 241 g/mol. The zero-order valence-corrected chi connectivity index (χ0v) is 10.9. The Kier molecular flexibility index (Phi) is 4.36. The number of esters is 1. The SMILES string of the molecule is CCOC(=O)Cc1c(C)cc(C)c(Cl)c1C. The summed E-state index contributed by atoms with van der Waals surface area (Å²) >= 11 is 6.16. The fourth-order valence-corrected chi connectivity index (χ4v) is 2.00. The molecule has 0 aliphatic rings. The van der Waals surface area contributed by atoms with E-state index in [2.05, 4.69) is 0 Å². The predicted octanol–water partition coefficient (Wildman–Crippen LogP) is 3.37. The van der Waals surface area contributed by atoms with Crippen LogP contribution in [0.2, 0.25) is 5.02 Å². The van der Waals surface area contributed by atoms with Gasteiger partial charge in [-0.05, 0) is 49.9 Å². The van der Waals surface area contributed by atoms with Crippen LogP contribution in [-0.4, -0.2) is 12.6 Å². The summed E-state index contributed by atoms with van der Waals surface area (Å²) in [6.07, 6.45) is 0.297. The summed E-state index contributed by atoms with van der Waals surface area (Å²) in [5, 5.41) is 0.741. The minimum absolute atomic E-state index is 0.200. The molecule has 0 bridgehead atoms. The molecule has 16 heavy (non-hydrogen) atoms. The van der Waals surface area contributed by atoms with Gasteiger partial charge >= 0.3 is 5.97 Å². The van der Waals surface area contributed by atoms with E-state index in [-0.39, 0.29) is 5.97 Å². The van der Waals surface area contributed by atoms with Crippen LogP contribution >= 0.6 is 11.6 Å². The Morgan fingerprint density at radius 1 is 1.31 bits per heavy atom. The third-order valence-electron chi connectivity index (χ3n) is 2.66. The Hall–Kier alpha value is -1.02. The Labute approximate surface area is 102 Å². The summed E-state index contributed by atoms with van der Waals surface area (Å²) in [7, 11) is 0. The van der Waals surface area contributed by atoms with E-state index in [4.69, 9.17) is 16.3 Å². The molecule has 2 nitrogen and oxygen atoms in total. The number of benzene rings is 1. The molecule has 1 rings (SSSR count). The van der Waals surface area contributed by atoms with Gasteiger partial charge in [0.05, 0.1) is 13.0 Å². The van der Waals surface area contributed by atoms with Crippen molar-refractivity contribution < 1.29 is 9.53 Å². The zero-order chi connectivity index (χ0) is 12.3. The number of hydrogen-bond acceptors (Lipinski definition) is 2. The van der Waals surface area contributed by atoms with E-state index in [0.29, 0.717) is 13.0 Å². The first-order chi connectivity index (χ1) is 7.47. The lowest BCUT2D eigenvalue weighted by molar-refractivity contribution is -0.142. The van der Waals surface area contributed by atoms with Gasteiger partial charge in [0, 0.05) is 5.02 Å². The van der Waals surface area contributed by atoms with Crippen molar-refractivity contribution in [2.45, 2.75) is 34.1 Å². The Morgan fingerprint density at radius 3 is 2.50 bits per heavy atom. The van der Waals surface area contributed by atoms with Crippen LogP contribution in [0.15, 0.2) is 6.07 Å². The van der Waals surface area contributed by atoms with E-state index in [1.54, 1.807) is 6.92 Å². The minimum Gasteiger partial charge on any atom is -0.466 e. The number of rotatable bonds is 3. The second-order valence-corrected chi connectivity index (χ2v) is 4.29. The summed E-state index contributed by atoms with van der Waals surface area (Å²) in [5.74, 6) is -0.200. The maximum Gasteiger partial charge on any atom is 0.310 e. The lowest BCUT2D eigenvalue weighted by Crippen LogP contribution is -2.10. The highest BCUT2D eigenvalue weighted by atomic mass is 35.5. The van der Waals surface area contributed by atoms with Gasteiger partial charge in [0.1, 0.15) is 0 Å². The van der Waals surface area contributed by atoms with Crippen LogP contribution in [0.5, 0.6) is 0 Å². The zero-order valence-electron chi connectivity index (χ0n) is 10.2. The van der Waals surface area contributed by atoms with Gasteiger partial charge in [-0.15, -0.1) is 0 Å². The van der Waals surface area contributed by atoms with Crippen molar-refractivity contribution in [1.29, 1.82) is 0 Å². The van der Waals surface area contributed by atoms with Gasteiger partial charge in [0.25, 0.3) is 0 Å². The van der Waals surface area contributed by atoms with E-state index in [1.807, 2.05) is 26.8 Å². The molecule has 1 aromatic carbocycles. The van der Waals surface area contributed by atoms with Gasteiger partial charge in [-0.25, -0.2) is 0 Å². The first-order valence-electron chi connectivity index (χ1n) is 5.38. The number of carbonyl (C=O) groups excluding carboxylic acids is 1. The largest absolute Gasteiger partial charge is 0.466 e. The minimum atomic E-state index is -0.200. The average Bonchev–Trinajstić information content (AvgIpc) is 2.22. The normalized spacial score (nSPS) is 10.3. The van der Waals surface area contributed by atoms with Crippen molar-refractivity contribution in [3.05, 3.63) is 33.3 Å².